The third-order valence-corrected chi connectivity index (χ3v) is 4.23. The van der Waals surface area contributed by atoms with Crippen molar-refractivity contribution in [3.63, 3.8) is 0 Å². The molecule has 6 heteroatoms. The molecule has 0 saturated carbocycles. The van der Waals surface area contributed by atoms with Gasteiger partial charge in [-0.2, -0.15) is 0 Å². The molecule has 0 bridgehead atoms. The van der Waals surface area contributed by atoms with E-state index in [1.165, 1.54) is 0 Å². The monoisotopic (exact) mass is 359 g/mol. The summed E-state index contributed by atoms with van der Waals surface area (Å²) < 4.78 is 0. The molecule has 25 heavy (non-hydrogen) atoms. The first-order valence-corrected chi connectivity index (χ1v) is 8.14. The molecule has 2 amide bonds. The van der Waals surface area contributed by atoms with Crippen LogP contribution in [0.3, 0.4) is 0 Å². The molecule has 0 unspecified atom stereocenters. The normalized spacial score (nSPS) is 13.0. The van der Waals surface area contributed by atoms with Gasteiger partial charge in [-0.15, -0.1) is 12.4 Å². The fourth-order valence-electron chi connectivity index (χ4n) is 2.90. The molecule has 132 valence electrons. The number of carbonyl (C=O) groups is 2. The number of hydrogen-bond acceptors (Lipinski definition) is 3. The minimum absolute atomic E-state index is 0. The maximum absolute atomic E-state index is 12.2. The Kier molecular flexibility index (Phi) is 6.56. The topological polar surface area (TPSA) is 75.4 Å². The third-order valence-electron chi connectivity index (χ3n) is 4.23. The van der Waals surface area contributed by atoms with Crippen LogP contribution in [0.2, 0.25) is 0 Å². The molecule has 0 atom stereocenters. The highest BCUT2D eigenvalue weighted by Gasteiger charge is 2.23. The number of hydrogen-bond donors (Lipinski definition) is 2. The number of fused-ring (bicyclic) bond motifs is 1. The number of halogens is 1. The average molecular weight is 360 g/mol. The van der Waals surface area contributed by atoms with Gasteiger partial charge in [-0.25, -0.2) is 0 Å². The number of carbonyl (C=O) groups excluding carboxylic acids is 2. The van der Waals surface area contributed by atoms with Gasteiger partial charge in [-0.1, -0.05) is 30.3 Å². The van der Waals surface area contributed by atoms with Crippen LogP contribution in [-0.2, 0) is 22.6 Å². The summed E-state index contributed by atoms with van der Waals surface area (Å²) in [5.74, 6) is -0.0276. The predicted octanol–water partition coefficient (Wildman–Crippen LogP) is 2.88. The van der Waals surface area contributed by atoms with Crippen LogP contribution >= 0.6 is 12.4 Å². The van der Waals surface area contributed by atoms with E-state index < -0.39 is 0 Å². The Balaban J connectivity index is 0.00000225. The van der Waals surface area contributed by atoms with Gasteiger partial charge in [0.1, 0.15) is 0 Å². The van der Waals surface area contributed by atoms with Gasteiger partial charge in [-0.05, 0) is 35.7 Å². The maximum atomic E-state index is 12.2. The summed E-state index contributed by atoms with van der Waals surface area (Å²) in [6.45, 7) is 0.868. The Morgan fingerprint density at radius 3 is 2.52 bits per heavy atom. The molecular formula is C19H22ClN3O2. The van der Waals surface area contributed by atoms with E-state index in [0.29, 0.717) is 19.5 Å². The molecule has 2 aromatic carbocycles. The molecule has 0 radical (unpaired) electrons. The van der Waals surface area contributed by atoms with Crippen LogP contribution < -0.4 is 16.0 Å². The van der Waals surface area contributed by atoms with E-state index >= 15 is 0 Å². The highest BCUT2D eigenvalue weighted by Crippen LogP contribution is 2.27. The Hall–Kier alpha value is -2.37. The zero-order valence-electron chi connectivity index (χ0n) is 13.9. The van der Waals surface area contributed by atoms with E-state index in [4.69, 9.17) is 5.73 Å². The lowest BCUT2D eigenvalue weighted by atomic mass is 10.0. The molecule has 0 aliphatic carbocycles. The minimum Gasteiger partial charge on any atom is -0.326 e. The first kappa shape index (κ1) is 19.0. The van der Waals surface area contributed by atoms with E-state index in [-0.39, 0.29) is 30.6 Å². The van der Waals surface area contributed by atoms with Gasteiger partial charge in [0.15, 0.2) is 0 Å². The summed E-state index contributed by atoms with van der Waals surface area (Å²) >= 11 is 0. The summed E-state index contributed by atoms with van der Waals surface area (Å²) in [6, 6.07) is 15.3. The molecule has 3 N–H and O–H groups in total. The van der Waals surface area contributed by atoms with Crippen molar-refractivity contribution in [1.82, 2.24) is 0 Å². The molecule has 0 saturated heterocycles. The number of para-hydroxylation sites is 1. The van der Waals surface area contributed by atoms with Crippen LogP contribution in [0.15, 0.2) is 48.5 Å². The van der Waals surface area contributed by atoms with Crippen LogP contribution in [0.1, 0.15) is 24.0 Å². The number of anilines is 2. The number of nitrogens with zero attached hydrogens (tertiary/aromatic N) is 1. The van der Waals surface area contributed by atoms with Gasteiger partial charge in [0.2, 0.25) is 11.8 Å². The average Bonchev–Trinajstić information content (AvgIpc) is 2.61. The van der Waals surface area contributed by atoms with Crippen molar-refractivity contribution in [2.45, 2.75) is 25.8 Å². The number of nitrogens with one attached hydrogen (secondary N) is 1. The molecule has 3 rings (SSSR count). The smallest absolute Gasteiger partial charge is 0.227 e. The van der Waals surface area contributed by atoms with Gasteiger partial charge in [0.25, 0.3) is 0 Å². The van der Waals surface area contributed by atoms with E-state index in [1.54, 1.807) is 4.90 Å². The number of nitrogens with two attached hydrogens (primary N) is 1. The number of amides is 2. The summed E-state index contributed by atoms with van der Waals surface area (Å²) in [5.41, 5.74) is 9.40. The fourth-order valence-corrected chi connectivity index (χ4v) is 2.90. The molecule has 5 nitrogen and oxygen atoms in total. The zero-order chi connectivity index (χ0) is 16.9. The second kappa shape index (κ2) is 8.65. The van der Waals surface area contributed by atoms with Gasteiger partial charge in [0.05, 0.1) is 0 Å². The Morgan fingerprint density at radius 1 is 1.08 bits per heavy atom. The van der Waals surface area contributed by atoms with Crippen molar-refractivity contribution in [2.24, 2.45) is 5.73 Å². The van der Waals surface area contributed by atoms with Crippen molar-refractivity contribution < 1.29 is 9.59 Å². The highest BCUT2D eigenvalue weighted by molar-refractivity contribution is 5.98. The van der Waals surface area contributed by atoms with Crippen LogP contribution in [-0.4, -0.2) is 18.4 Å². The van der Waals surface area contributed by atoms with E-state index in [0.717, 1.165) is 28.9 Å². The molecule has 0 fully saturated rings. The first-order valence-electron chi connectivity index (χ1n) is 8.14. The van der Waals surface area contributed by atoms with Crippen LogP contribution in [0.25, 0.3) is 0 Å². The molecule has 1 aliphatic rings. The number of aryl methyl sites for hydroxylation is 1. The maximum Gasteiger partial charge on any atom is 0.227 e. The SMILES string of the molecule is Cl.NCc1ccc(NC(=O)CCN2C(=O)CCc3ccccc32)cc1. The predicted molar refractivity (Wildman–Crippen MR) is 102 cm³/mol. The first-order chi connectivity index (χ1) is 11.7. The molecule has 2 aromatic rings. The lowest BCUT2D eigenvalue weighted by Gasteiger charge is -2.29. The Labute approximate surface area is 153 Å². The quantitative estimate of drug-likeness (QED) is 0.861. The lowest BCUT2D eigenvalue weighted by Crippen LogP contribution is -2.37. The van der Waals surface area contributed by atoms with E-state index in [1.807, 2.05) is 48.5 Å². The second-order valence-electron chi connectivity index (χ2n) is 5.87. The summed E-state index contributed by atoms with van der Waals surface area (Å²) in [5, 5.41) is 2.85. The van der Waals surface area contributed by atoms with Crippen molar-refractivity contribution in [1.29, 1.82) is 0 Å². The van der Waals surface area contributed by atoms with Crippen molar-refractivity contribution >= 4 is 35.6 Å². The molecular weight excluding hydrogens is 338 g/mol. The van der Waals surface area contributed by atoms with Crippen LogP contribution in [0.5, 0.6) is 0 Å². The fraction of sp³-hybridized carbons (Fsp3) is 0.263. The largest absolute Gasteiger partial charge is 0.326 e. The van der Waals surface area contributed by atoms with Crippen molar-refractivity contribution in [3.8, 4) is 0 Å². The third kappa shape index (κ3) is 4.59. The standard InChI is InChI=1S/C19H21N3O2.ClH/c20-13-14-5-8-16(9-6-14)21-18(23)11-12-22-17-4-2-1-3-15(17)7-10-19(22)24;/h1-6,8-9H,7,10-13,20H2,(H,21,23);1H. The van der Waals surface area contributed by atoms with E-state index in [2.05, 4.69) is 5.32 Å². The zero-order valence-corrected chi connectivity index (χ0v) is 14.7. The molecule has 0 aromatic heterocycles. The minimum atomic E-state index is -0.105. The lowest BCUT2D eigenvalue weighted by molar-refractivity contribution is -0.119. The van der Waals surface area contributed by atoms with Crippen LogP contribution in [0.4, 0.5) is 11.4 Å². The number of rotatable bonds is 5. The summed E-state index contributed by atoms with van der Waals surface area (Å²) in [7, 11) is 0. The summed E-state index contributed by atoms with van der Waals surface area (Å²) in [6.07, 6.45) is 1.53. The van der Waals surface area contributed by atoms with Gasteiger partial charge in [0, 0.05) is 37.3 Å². The Morgan fingerprint density at radius 2 is 1.80 bits per heavy atom. The molecule has 1 heterocycles. The number of benzene rings is 2. The van der Waals surface area contributed by atoms with Gasteiger partial charge in [-0.3, -0.25) is 9.59 Å². The second-order valence-corrected chi connectivity index (χ2v) is 5.87. The van der Waals surface area contributed by atoms with Crippen LogP contribution in [0, 0.1) is 0 Å². The van der Waals surface area contributed by atoms with Gasteiger partial charge >= 0.3 is 0 Å². The van der Waals surface area contributed by atoms with Gasteiger partial charge < -0.3 is 16.0 Å². The molecule has 0 spiro atoms. The Bertz CT molecular complexity index is 747. The van der Waals surface area contributed by atoms with E-state index in [9.17, 15) is 9.59 Å². The van der Waals surface area contributed by atoms with Crippen molar-refractivity contribution in [2.75, 3.05) is 16.8 Å². The molecule has 1 aliphatic heterocycles. The van der Waals surface area contributed by atoms with Crippen molar-refractivity contribution in [3.05, 3.63) is 59.7 Å². The highest BCUT2D eigenvalue weighted by atomic mass is 35.5. The summed E-state index contributed by atoms with van der Waals surface area (Å²) in [4.78, 5) is 26.1.